The van der Waals surface area contributed by atoms with Crippen molar-refractivity contribution in [2.75, 3.05) is 6.54 Å². The summed E-state index contributed by atoms with van der Waals surface area (Å²) in [5.74, 6) is 0.0750. The number of aliphatic hydroxyl groups excluding tert-OH is 1. The van der Waals surface area contributed by atoms with Gasteiger partial charge in [-0.3, -0.25) is 4.79 Å². The number of rotatable bonds is 4. The molecule has 108 valence electrons. The Balaban J connectivity index is 1.78. The fraction of sp³-hybridized carbons (Fsp3) is 0.857. The zero-order valence-electron chi connectivity index (χ0n) is 11.2. The summed E-state index contributed by atoms with van der Waals surface area (Å²) in [7, 11) is 0. The molecule has 0 aliphatic heterocycles. The maximum Gasteiger partial charge on any atom is 0.334 e. The Morgan fingerprint density at radius 3 is 2.47 bits per heavy atom. The Morgan fingerprint density at radius 2 is 1.79 bits per heavy atom. The van der Waals surface area contributed by atoms with Gasteiger partial charge in [0.05, 0.1) is 6.54 Å². The Bertz CT molecular complexity index is 344. The van der Waals surface area contributed by atoms with Crippen LogP contribution < -0.4 is 5.32 Å². The molecule has 2 saturated carbocycles. The lowest BCUT2D eigenvalue weighted by Gasteiger charge is -2.38. The van der Waals surface area contributed by atoms with Crippen LogP contribution in [0.4, 0.5) is 0 Å². The van der Waals surface area contributed by atoms with E-state index < -0.39 is 12.1 Å². The molecule has 2 aliphatic carbocycles. The van der Waals surface area contributed by atoms with E-state index in [1.54, 1.807) is 0 Å². The smallest absolute Gasteiger partial charge is 0.334 e. The molecule has 4 unspecified atom stereocenters. The van der Waals surface area contributed by atoms with E-state index in [4.69, 9.17) is 10.2 Å². The molecule has 4 atom stereocenters. The molecule has 0 heterocycles. The number of amides is 1. The van der Waals surface area contributed by atoms with Gasteiger partial charge in [-0.05, 0) is 31.1 Å². The molecule has 0 aromatic carbocycles. The normalized spacial score (nSPS) is 32.2. The van der Waals surface area contributed by atoms with Crippen LogP contribution in [0.15, 0.2) is 0 Å². The van der Waals surface area contributed by atoms with Crippen LogP contribution in [0.1, 0.15) is 44.9 Å². The van der Waals surface area contributed by atoms with Crippen molar-refractivity contribution < 1.29 is 19.8 Å². The number of carboxylic acids is 1. The lowest BCUT2D eigenvalue weighted by atomic mass is 9.67. The lowest BCUT2D eigenvalue weighted by Crippen LogP contribution is -2.42. The molecular formula is C14H23NO4. The summed E-state index contributed by atoms with van der Waals surface area (Å²) >= 11 is 0. The first-order chi connectivity index (χ1) is 9.08. The van der Waals surface area contributed by atoms with Crippen molar-refractivity contribution in [3.63, 3.8) is 0 Å². The maximum absolute atomic E-state index is 12.0. The van der Waals surface area contributed by atoms with Crippen molar-refractivity contribution in [2.45, 2.75) is 51.0 Å². The van der Waals surface area contributed by atoms with Crippen LogP contribution in [0.3, 0.4) is 0 Å². The Kier molecular flexibility index (Phi) is 4.80. The predicted octanol–water partition coefficient (Wildman–Crippen LogP) is 1.15. The Morgan fingerprint density at radius 1 is 1.11 bits per heavy atom. The van der Waals surface area contributed by atoms with Gasteiger partial charge in [0.15, 0.2) is 6.10 Å². The van der Waals surface area contributed by atoms with Crippen molar-refractivity contribution in [1.29, 1.82) is 0 Å². The Hall–Kier alpha value is -1.10. The second-order valence-electron chi connectivity index (χ2n) is 5.91. The third-order valence-electron chi connectivity index (χ3n) is 4.67. The molecular weight excluding hydrogens is 246 g/mol. The monoisotopic (exact) mass is 269 g/mol. The molecule has 0 spiro atoms. The van der Waals surface area contributed by atoms with E-state index >= 15 is 0 Å². The number of carbonyl (C=O) groups excluding carboxylic acids is 1. The van der Waals surface area contributed by atoms with Gasteiger partial charge >= 0.3 is 5.97 Å². The van der Waals surface area contributed by atoms with Crippen LogP contribution >= 0.6 is 0 Å². The highest BCUT2D eigenvalue weighted by molar-refractivity contribution is 5.80. The van der Waals surface area contributed by atoms with Crippen molar-refractivity contribution in [1.82, 2.24) is 5.32 Å². The molecule has 2 rings (SSSR count). The number of hydrogen-bond donors (Lipinski definition) is 3. The zero-order chi connectivity index (χ0) is 13.8. The van der Waals surface area contributed by atoms with Gasteiger partial charge < -0.3 is 15.5 Å². The van der Waals surface area contributed by atoms with E-state index in [0.717, 1.165) is 25.2 Å². The third kappa shape index (κ3) is 3.69. The minimum absolute atomic E-state index is 0.000319. The molecule has 0 bridgehead atoms. The fourth-order valence-corrected chi connectivity index (χ4v) is 3.54. The van der Waals surface area contributed by atoms with Crippen LogP contribution in [0.2, 0.25) is 0 Å². The minimum Gasteiger partial charge on any atom is -0.479 e. The molecule has 19 heavy (non-hydrogen) atoms. The van der Waals surface area contributed by atoms with Gasteiger partial charge in [0.25, 0.3) is 0 Å². The van der Waals surface area contributed by atoms with E-state index in [0.29, 0.717) is 5.92 Å². The van der Waals surface area contributed by atoms with Gasteiger partial charge in [-0.15, -0.1) is 0 Å². The highest BCUT2D eigenvalue weighted by Gasteiger charge is 2.35. The standard InChI is InChI=1S/C14H23NO4/c16-12(14(18)19)8-15-13(17)11-6-5-9-3-1-2-4-10(9)7-11/h9-12,16H,1-8H2,(H,15,17)(H,18,19). The second-order valence-corrected chi connectivity index (χ2v) is 5.91. The number of carbonyl (C=O) groups is 2. The molecule has 2 aliphatic rings. The first kappa shape index (κ1) is 14.3. The summed E-state index contributed by atoms with van der Waals surface area (Å²) in [5, 5.41) is 20.3. The number of aliphatic hydroxyl groups is 1. The second kappa shape index (κ2) is 6.37. The number of hydrogen-bond acceptors (Lipinski definition) is 3. The summed E-state index contributed by atoms with van der Waals surface area (Å²) in [6, 6.07) is 0. The van der Waals surface area contributed by atoms with E-state index in [-0.39, 0.29) is 18.4 Å². The number of nitrogens with one attached hydrogen (secondary N) is 1. The highest BCUT2D eigenvalue weighted by atomic mass is 16.4. The third-order valence-corrected chi connectivity index (χ3v) is 4.67. The van der Waals surface area contributed by atoms with Crippen LogP contribution in [-0.4, -0.2) is 34.7 Å². The first-order valence-corrected chi connectivity index (χ1v) is 7.26. The van der Waals surface area contributed by atoms with E-state index in [2.05, 4.69) is 5.32 Å². The topological polar surface area (TPSA) is 86.6 Å². The van der Waals surface area contributed by atoms with Gasteiger partial charge in [0.1, 0.15) is 0 Å². The summed E-state index contributed by atoms with van der Waals surface area (Å²) in [6.45, 7) is -0.196. The first-order valence-electron chi connectivity index (χ1n) is 7.26. The van der Waals surface area contributed by atoms with Crippen molar-refractivity contribution >= 4 is 11.9 Å². The van der Waals surface area contributed by atoms with Crippen LogP contribution in [0, 0.1) is 17.8 Å². The number of aliphatic carboxylic acids is 1. The van der Waals surface area contributed by atoms with Crippen LogP contribution in [-0.2, 0) is 9.59 Å². The van der Waals surface area contributed by atoms with Gasteiger partial charge in [-0.25, -0.2) is 4.79 Å². The molecule has 0 aromatic heterocycles. The van der Waals surface area contributed by atoms with Crippen LogP contribution in [0.25, 0.3) is 0 Å². The minimum atomic E-state index is -1.50. The summed E-state index contributed by atoms with van der Waals surface area (Å²) in [5.41, 5.74) is 0. The molecule has 5 nitrogen and oxygen atoms in total. The molecule has 2 fully saturated rings. The van der Waals surface area contributed by atoms with Gasteiger partial charge in [-0.1, -0.05) is 25.7 Å². The fourth-order valence-electron chi connectivity index (χ4n) is 3.54. The quantitative estimate of drug-likeness (QED) is 0.714. The number of carboxylic acid groups (broad SMARTS) is 1. The predicted molar refractivity (Wildman–Crippen MR) is 69.4 cm³/mol. The van der Waals surface area contributed by atoms with Gasteiger partial charge in [0.2, 0.25) is 5.91 Å². The van der Waals surface area contributed by atoms with Gasteiger partial charge in [0, 0.05) is 5.92 Å². The van der Waals surface area contributed by atoms with Crippen molar-refractivity contribution in [3.05, 3.63) is 0 Å². The molecule has 5 heteroatoms. The lowest BCUT2D eigenvalue weighted by molar-refractivity contribution is -0.146. The average molecular weight is 269 g/mol. The van der Waals surface area contributed by atoms with Crippen molar-refractivity contribution in [3.8, 4) is 0 Å². The van der Waals surface area contributed by atoms with Crippen LogP contribution in [0.5, 0.6) is 0 Å². The van der Waals surface area contributed by atoms with E-state index in [1.807, 2.05) is 0 Å². The molecule has 0 saturated heterocycles. The summed E-state index contributed by atoms with van der Waals surface area (Å²) in [4.78, 5) is 22.5. The van der Waals surface area contributed by atoms with Crippen molar-refractivity contribution in [2.24, 2.45) is 17.8 Å². The molecule has 0 aromatic rings. The largest absolute Gasteiger partial charge is 0.479 e. The van der Waals surface area contributed by atoms with E-state index in [1.165, 1.54) is 25.7 Å². The molecule has 0 radical (unpaired) electrons. The average Bonchev–Trinajstić information content (AvgIpc) is 2.43. The molecule has 1 amide bonds. The SMILES string of the molecule is O=C(O)C(O)CNC(=O)C1CCC2CCCCC2C1. The van der Waals surface area contributed by atoms with Gasteiger partial charge in [-0.2, -0.15) is 0 Å². The maximum atomic E-state index is 12.0. The van der Waals surface area contributed by atoms with E-state index in [9.17, 15) is 9.59 Å². The summed E-state index contributed by atoms with van der Waals surface area (Å²) in [6.07, 6.45) is 6.56. The number of fused-ring (bicyclic) bond motifs is 1. The zero-order valence-corrected chi connectivity index (χ0v) is 11.2. The highest BCUT2D eigenvalue weighted by Crippen LogP contribution is 2.42. The molecule has 3 N–H and O–H groups in total. The summed E-state index contributed by atoms with van der Waals surface area (Å²) < 4.78 is 0. The Labute approximate surface area is 113 Å².